The number of ether oxygens (including phenoxy) is 1. The van der Waals surface area contributed by atoms with Crippen molar-refractivity contribution in [2.75, 3.05) is 11.5 Å². The molecule has 1 aromatic heterocycles. The number of hydrogen-bond acceptors (Lipinski definition) is 7. The van der Waals surface area contributed by atoms with Crippen molar-refractivity contribution >= 4 is 33.1 Å². The largest absolute Gasteiger partial charge is 0.448 e. The summed E-state index contributed by atoms with van der Waals surface area (Å²) in [6.07, 6.45) is -0.659. The monoisotopic (exact) mass is 408 g/mol. The van der Waals surface area contributed by atoms with Crippen LogP contribution in [-0.4, -0.2) is 48.9 Å². The van der Waals surface area contributed by atoms with Gasteiger partial charge in [0.1, 0.15) is 4.88 Å². The Bertz CT molecular complexity index is 953. The van der Waals surface area contributed by atoms with E-state index in [1.165, 1.54) is 18.3 Å². The van der Waals surface area contributed by atoms with Crippen LogP contribution < -0.4 is 5.32 Å². The standard InChI is InChI=1S/C18H20N2O5S2/c1-11(17(21)20-14-8-9-27(23,24)10-14)25-18(22)16-15(19-12(2)26-16)13-6-4-3-5-7-13/h3-7,11,14H,8-10H2,1-2H3,(H,20,21)/t11-,14+/m0/s1. The van der Waals surface area contributed by atoms with Crippen molar-refractivity contribution in [3.05, 3.63) is 40.2 Å². The zero-order chi connectivity index (χ0) is 19.6. The van der Waals surface area contributed by atoms with Gasteiger partial charge in [-0.15, -0.1) is 11.3 Å². The molecule has 0 aliphatic carbocycles. The van der Waals surface area contributed by atoms with Crippen LogP contribution in [0.4, 0.5) is 0 Å². The van der Waals surface area contributed by atoms with Crippen molar-refractivity contribution in [2.24, 2.45) is 0 Å². The zero-order valence-electron chi connectivity index (χ0n) is 15.0. The fourth-order valence-corrected chi connectivity index (χ4v) is 5.35. The lowest BCUT2D eigenvalue weighted by Crippen LogP contribution is -2.42. The molecule has 3 rings (SSSR count). The van der Waals surface area contributed by atoms with Gasteiger partial charge >= 0.3 is 5.97 Å². The maximum atomic E-state index is 12.6. The average molecular weight is 409 g/mol. The molecule has 0 unspecified atom stereocenters. The van der Waals surface area contributed by atoms with Gasteiger partial charge in [-0.3, -0.25) is 4.79 Å². The summed E-state index contributed by atoms with van der Waals surface area (Å²) in [6.45, 7) is 3.26. The first kappa shape index (κ1) is 19.5. The van der Waals surface area contributed by atoms with Gasteiger partial charge in [-0.2, -0.15) is 0 Å². The van der Waals surface area contributed by atoms with Crippen LogP contribution >= 0.6 is 11.3 Å². The van der Waals surface area contributed by atoms with E-state index < -0.39 is 33.9 Å². The Labute approximate surface area is 161 Å². The maximum absolute atomic E-state index is 12.6. The highest BCUT2D eigenvalue weighted by atomic mass is 32.2. The second-order valence-electron chi connectivity index (χ2n) is 6.43. The van der Waals surface area contributed by atoms with E-state index in [1.807, 2.05) is 30.3 Å². The molecule has 7 nitrogen and oxygen atoms in total. The molecule has 0 spiro atoms. The summed E-state index contributed by atoms with van der Waals surface area (Å²) in [7, 11) is -3.10. The molecular formula is C18H20N2O5S2. The number of nitrogens with zero attached hydrogens (tertiary/aromatic N) is 1. The second kappa shape index (κ2) is 7.77. The Kier molecular flexibility index (Phi) is 5.61. The van der Waals surface area contributed by atoms with E-state index >= 15 is 0 Å². The molecule has 9 heteroatoms. The second-order valence-corrected chi connectivity index (χ2v) is 9.86. The number of aryl methyl sites for hydroxylation is 1. The summed E-state index contributed by atoms with van der Waals surface area (Å²) in [5.74, 6) is -1.15. The Morgan fingerprint density at radius 1 is 1.30 bits per heavy atom. The molecule has 0 saturated carbocycles. The third-order valence-electron chi connectivity index (χ3n) is 4.20. The van der Waals surface area contributed by atoms with Crippen LogP contribution in [-0.2, 0) is 19.4 Å². The quantitative estimate of drug-likeness (QED) is 0.759. The first-order valence-electron chi connectivity index (χ1n) is 8.50. The fraction of sp³-hybridized carbons (Fsp3) is 0.389. The van der Waals surface area contributed by atoms with Crippen LogP contribution in [0.1, 0.15) is 28.0 Å². The number of hydrogen-bond donors (Lipinski definition) is 1. The summed E-state index contributed by atoms with van der Waals surface area (Å²) in [5, 5.41) is 3.35. The summed E-state index contributed by atoms with van der Waals surface area (Å²) < 4.78 is 28.3. The molecule has 2 heterocycles. The molecule has 1 aliphatic heterocycles. The van der Waals surface area contributed by atoms with E-state index in [2.05, 4.69) is 10.3 Å². The zero-order valence-corrected chi connectivity index (χ0v) is 16.6. The minimum Gasteiger partial charge on any atom is -0.448 e. The lowest BCUT2D eigenvalue weighted by atomic mass is 10.1. The highest BCUT2D eigenvalue weighted by Gasteiger charge is 2.31. The lowest BCUT2D eigenvalue weighted by Gasteiger charge is -2.16. The molecule has 1 saturated heterocycles. The fourth-order valence-electron chi connectivity index (χ4n) is 2.85. The predicted molar refractivity (Wildman–Crippen MR) is 102 cm³/mol. The van der Waals surface area contributed by atoms with Gasteiger partial charge in [0.25, 0.3) is 5.91 Å². The normalized spacial score (nSPS) is 19.4. The van der Waals surface area contributed by atoms with Crippen LogP contribution in [0.3, 0.4) is 0 Å². The van der Waals surface area contributed by atoms with E-state index in [0.717, 1.165) is 5.56 Å². The van der Waals surface area contributed by atoms with Crippen LogP contribution in [0.15, 0.2) is 30.3 Å². The van der Waals surface area contributed by atoms with Gasteiger partial charge in [-0.25, -0.2) is 18.2 Å². The minimum atomic E-state index is -3.10. The number of rotatable bonds is 5. The molecule has 27 heavy (non-hydrogen) atoms. The number of sulfone groups is 1. The van der Waals surface area contributed by atoms with E-state index in [1.54, 1.807) is 6.92 Å². The summed E-state index contributed by atoms with van der Waals surface area (Å²) >= 11 is 1.21. The van der Waals surface area contributed by atoms with Crippen molar-refractivity contribution in [3.63, 3.8) is 0 Å². The Balaban J connectivity index is 1.68. The van der Waals surface area contributed by atoms with E-state index in [-0.39, 0.29) is 11.5 Å². The van der Waals surface area contributed by atoms with Crippen molar-refractivity contribution in [1.29, 1.82) is 0 Å². The Morgan fingerprint density at radius 2 is 2.00 bits per heavy atom. The number of amides is 1. The summed E-state index contributed by atoms with van der Waals surface area (Å²) in [4.78, 5) is 29.6. The van der Waals surface area contributed by atoms with E-state index in [9.17, 15) is 18.0 Å². The van der Waals surface area contributed by atoms with Gasteiger partial charge in [0.05, 0.1) is 22.2 Å². The van der Waals surface area contributed by atoms with Crippen molar-refractivity contribution in [3.8, 4) is 11.3 Å². The summed E-state index contributed by atoms with van der Waals surface area (Å²) in [6, 6.07) is 8.84. The van der Waals surface area contributed by atoms with Crippen molar-refractivity contribution in [1.82, 2.24) is 10.3 Å². The molecule has 1 amide bonds. The number of benzene rings is 1. The number of carbonyl (C=O) groups excluding carboxylic acids is 2. The number of thiazole rings is 1. The van der Waals surface area contributed by atoms with Crippen LogP contribution in [0, 0.1) is 6.92 Å². The first-order valence-corrected chi connectivity index (χ1v) is 11.1. The van der Waals surface area contributed by atoms with Crippen LogP contribution in [0.2, 0.25) is 0 Å². The predicted octanol–water partition coefficient (Wildman–Crippen LogP) is 1.97. The molecule has 2 aromatic rings. The molecule has 0 radical (unpaired) electrons. The average Bonchev–Trinajstić information content (AvgIpc) is 3.17. The molecule has 2 atom stereocenters. The van der Waals surface area contributed by atoms with Crippen LogP contribution in [0.5, 0.6) is 0 Å². The Hall–Kier alpha value is -2.26. The highest BCUT2D eigenvalue weighted by Crippen LogP contribution is 2.28. The van der Waals surface area contributed by atoms with Gasteiger partial charge in [-0.05, 0) is 20.3 Å². The molecule has 0 bridgehead atoms. The number of carbonyl (C=O) groups is 2. The third-order valence-corrected chi connectivity index (χ3v) is 6.92. The topological polar surface area (TPSA) is 102 Å². The molecule has 1 N–H and O–H groups in total. The highest BCUT2D eigenvalue weighted by molar-refractivity contribution is 7.91. The number of aromatic nitrogens is 1. The molecule has 1 aliphatic rings. The smallest absolute Gasteiger partial charge is 0.351 e. The summed E-state index contributed by atoms with van der Waals surface area (Å²) in [5.41, 5.74) is 1.32. The molecular weight excluding hydrogens is 388 g/mol. The van der Waals surface area contributed by atoms with Gasteiger partial charge in [0.15, 0.2) is 15.9 Å². The van der Waals surface area contributed by atoms with Gasteiger partial charge in [0, 0.05) is 11.6 Å². The van der Waals surface area contributed by atoms with E-state index in [0.29, 0.717) is 22.0 Å². The molecule has 1 aromatic carbocycles. The molecule has 144 valence electrons. The van der Waals surface area contributed by atoms with Gasteiger partial charge < -0.3 is 10.1 Å². The SMILES string of the molecule is Cc1nc(-c2ccccc2)c(C(=O)O[C@@H](C)C(=O)N[C@@H]2CCS(=O)(=O)C2)s1. The number of esters is 1. The maximum Gasteiger partial charge on any atom is 0.351 e. The van der Waals surface area contributed by atoms with Gasteiger partial charge in [-0.1, -0.05) is 30.3 Å². The van der Waals surface area contributed by atoms with E-state index in [4.69, 9.17) is 4.74 Å². The first-order chi connectivity index (χ1) is 12.7. The minimum absolute atomic E-state index is 0.0622. The van der Waals surface area contributed by atoms with Crippen molar-refractivity contribution < 1.29 is 22.7 Å². The van der Waals surface area contributed by atoms with Crippen molar-refractivity contribution in [2.45, 2.75) is 32.4 Å². The molecule has 1 fully saturated rings. The Morgan fingerprint density at radius 3 is 2.63 bits per heavy atom. The lowest BCUT2D eigenvalue weighted by molar-refractivity contribution is -0.129. The van der Waals surface area contributed by atoms with Gasteiger partial charge in [0.2, 0.25) is 0 Å². The third kappa shape index (κ3) is 4.72. The van der Waals surface area contributed by atoms with Crippen LogP contribution in [0.25, 0.3) is 11.3 Å². The number of nitrogens with one attached hydrogen (secondary N) is 1.